The monoisotopic (exact) mass is 323 g/mol. The summed E-state index contributed by atoms with van der Waals surface area (Å²) in [5, 5.41) is 0. The second-order valence-electron chi connectivity index (χ2n) is 5.08. The predicted octanol–water partition coefficient (Wildman–Crippen LogP) is 0.747. The van der Waals surface area contributed by atoms with Crippen LogP contribution in [0, 0.1) is 0 Å². The topological polar surface area (TPSA) is 104 Å². The molecule has 0 aliphatic carbocycles. The van der Waals surface area contributed by atoms with E-state index in [1.807, 2.05) is 6.92 Å². The molecule has 0 radical (unpaired) electrons. The molecule has 1 unspecified atom stereocenters. The number of fused-ring (bicyclic) bond motifs is 1. The minimum atomic E-state index is -0.700. The highest BCUT2D eigenvalue weighted by Gasteiger charge is 2.34. The van der Waals surface area contributed by atoms with Gasteiger partial charge in [-0.2, -0.15) is 0 Å². The Kier molecular flexibility index (Phi) is 5.75. The molecule has 2 rings (SSSR count). The molecule has 1 aliphatic heterocycles. The standard InChI is InChI=1S/C15H21N3O5/c1-3-6-21-7-8-22-13(19)9-18-14-11(4-5-12(16)17-14)23-10(2)15(18)20/h4-5,10H,3,6-9H2,1-2H3,(H2,16,17). The third-order valence-corrected chi connectivity index (χ3v) is 3.16. The Morgan fingerprint density at radius 3 is 2.91 bits per heavy atom. The zero-order chi connectivity index (χ0) is 16.8. The Morgan fingerprint density at radius 2 is 2.17 bits per heavy atom. The number of rotatable bonds is 7. The van der Waals surface area contributed by atoms with Gasteiger partial charge < -0.3 is 19.9 Å². The van der Waals surface area contributed by atoms with Crippen LogP contribution in [0.1, 0.15) is 20.3 Å². The van der Waals surface area contributed by atoms with Crippen LogP contribution in [0.25, 0.3) is 0 Å². The van der Waals surface area contributed by atoms with Gasteiger partial charge in [0.1, 0.15) is 19.0 Å². The van der Waals surface area contributed by atoms with E-state index in [1.54, 1.807) is 19.1 Å². The maximum absolute atomic E-state index is 12.2. The highest BCUT2D eigenvalue weighted by atomic mass is 16.6. The molecule has 8 heteroatoms. The van der Waals surface area contributed by atoms with Crippen LogP contribution < -0.4 is 15.4 Å². The highest BCUT2D eigenvalue weighted by molar-refractivity contribution is 6.02. The fourth-order valence-electron chi connectivity index (χ4n) is 2.09. The van der Waals surface area contributed by atoms with Crippen LogP contribution in [0.4, 0.5) is 11.6 Å². The second kappa shape index (κ2) is 7.77. The van der Waals surface area contributed by atoms with Crippen molar-refractivity contribution in [1.82, 2.24) is 4.98 Å². The predicted molar refractivity (Wildman–Crippen MR) is 83.2 cm³/mol. The fraction of sp³-hybridized carbons (Fsp3) is 0.533. The number of hydrogen-bond donors (Lipinski definition) is 1. The molecule has 8 nitrogen and oxygen atoms in total. The number of nitrogens with zero attached hydrogens (tertiary/aromatic N) is 2. The third-order valence-electron chi connectivity index (χ3n) is 3.16. The highest BCUT2D eigenvalue weighted by Crippen LogP contribution is 2.32. The number of nitrogen functional groups attached to an aromatic ring is 1. The van der Waals surface area contributed by atoms with Gasteiger partial charge in [-0.15, -0.1) is 0 Å². The fourth-order valence-corrected chi connectivity index (χ4v) is 2.09. The number of esters is 1. The van der Waals surface area contributed by atoms with Gasteiger partial charge in [-0.25, -0.2) is 4.98 Å². The maximum atomic E-state index is 12.2. The Hall–Kier alpha value is -2.35. The van der Waals surface area contributed by atoms with Crippen molar-refractivity contribution >= 4 is 23.5 Å². The van der Waals surface area contributed by atoms with Gasteiger partial charge in [0.05, 0.1) is 6.61 Å². The van der Waals surface area contributed by atoms with Crippen LogP contribution in [0.5, 0.6) is 5.75 Å². The van der Waals surface area contributed by atoms with Crippen molar-refractivity contribution in [2.24, 2.45) is 0 Å². The lowest BCUT2D eigenvalue weighted by atomic mass is 10.2. The lowest BCUT2D eigenvalue weighted by Crippen LogP contribution is -2.47. The zero-order valence-corrected chi connectivity index (χ0v) is 13.3. The van der Waals surface area contributed by atoms with Crippen LogP contribution in [-0.2, 0) is 19.1 Å². The first-order chi connectivity index (χ1) is 11.0. The van der Waals surface area contributed by atoms with Gasteiger partial charge in [0.15, 0.2) is 17.7 Å². The molecular weight excluding hydrogens is 302 g/mol. The molecule has 0 saturated carbocycles. The molecule has 0 spiro atoms. The number of carbonyl (C=O) groups excluding carboxylic acids is 2. The summed E-state index contributed by atoms with van der Waals surface area (Å²) in [5.41, 5.74) is 5.64. The molecular formula is C15H21N3O5. The van der Waals surface area contributed by atoms with Crippen molar-refractivity contribution < 1.29 is 23.8 Å². The average Bonchev–Trinajstić information content (AvgIpc) is 2.52. The number of hydrogen-bond acceptors (Lipinski definition) is 7. The van der Waals surface area contributed by atoms with Crippen molar-refractivity contribution in [3.05, 3.63) is 12.1 Å². The summed E-state index contributed by atoms with van der Waals surface area (Å²) in [6.45, 7) is 4.45. The molecule has 1 aliphatic rings. The summed E-state index contributed by atoms with van der Waals surface area (Å²) < 4.78 is 15.7. The van der Waals surface area contributed by atoms with Crippen LogP contribution >= 0.6 is 0 Å². The van der Waals surface area contributed by atoms with Crippen LogP contribution in [0.3, 0.4) is 0 Å². The summed E-state index contributed by atoms with van der Waals surface area (Å²) >= 11 is 0. The second-order valence-corrected chi connectivity index (χ2v) is 5.08. The van der Waals surface area contributed by atoms with Gasteiger partial charge in [-0.3, -0.25) is 14.5 Å². The van der Waals surface area contributed by atoms with Gasteiger partial charge >= 0.3 is 5.97 Å². The number of aromatic nitrogens is 1. The molecule has 23 heavy (non-hydrogen) atoms. The molecule has 1 aromatic rings. The first-order valence-electron chi connectivity index (χ1n) is 7.50. The Morgan fingerprint density at radius 1 is 1.39 bits per heavy atom. The number of pyridine rings is 1. The third kappa shape index (κ3) is 4.32. The van der Waals surface area contributed by atoms with Crippen molar-refractivity contribution in [3.8, 4) is 5.75 Å². The molecule has 0 bridgehead atoms. The Balaban J connectivity index is 1.99. The van der Waals surface area contributed by atoms with Crippen LogP contribution in [0.2, 0.25) is 0 Å². The van der Waals surface area contributed by atoms with Gasteiger partial charge in [0.25, 0.3) is 5.91 Å². The van der Waals surface area contributed by atoms with E-state index in [9.17, 15) is 9.59 Å². The molecule has 2 heterocycles. The van der Waals surface area contributed by atoms with Crippen molar-refractivity contribution in [3.63, 3.8) is 0 Å². The number of carbonyl (C=O) groups is 2. The quantitative estimate of drug-likeness (QED) is 0.583. The number of nitrogens with two attached hydrogens (primary N) is 1. The van der Waals surface area contributed by atoms with E-state index in [2.05, 4.69) is 4.98 Å². The summed E-state index contributed by atoms with van der Waals surface area (Å²) in [6.07, 6.45) is 0.200. The van der Waals surface area contributed by atoms with E-state index in [1.165, 1.54) is 4.90 Å². The van der Waals surface area contributed by atoms with Gasteiger partial charge in [0.2, 0.25) is 0 Å². The van der Waals surface area contributed by atoms with Crippen molar-refractivity contribution in [2.75, 3.05) is 37.0 Å². The van der Waals surface area contributed by atoms with E-state index < -0.39 is 12.1 Å². The minimum Gasteiger partial charge on any atom is -0.477 e. The molecule has 0 aromatic carbocycles. The van der Waals surface area contributed by atoms with Crippen molar-refractivity contribution in [1.29, 1.82) is 0 Å². The van der Waals surface area contributed by atoms with Crippen molar-refractivity contribution in [2.45, 2.75) is 26.4 Å². The number of amides is 1. The molecule has 0 fully saturated rings. The van der Waals surface area contributed by atoms with Gasteiger partial charge in [-0.1, -0.05) is 6.92 Å². The zero-order valence-electron chi connectivity index (χ0n) is 13.3. The SMILES string of the molecule is CCCOCCOC(=O)CN1C(=O)C(C)Oc2ccc(N)nc21. The number of ether oxygens (including phenoxy) is 3. The first kappa shape index (κ1) is 17.0. The summed E-state index contributed by atoms with van der Waals surface area (Å²) in [4.78, 5) is 29.5. The average molecular weight is 323 g/mol. The van der Waals surface area contributed by atoms with Gasteiger partial charge in [0, 0.05) is 6.61 Å². The van der Waals surface area contributed by atoms with E-state index in [-0.39, 0.29) is 30.7 Å². The summed E-state index contributed by atoms with van der Waals surface area (Å²) in [7, 11) is 0. The molecule has 1 atom stereocenters. The number of anilines is 2. The maximum Gasteiger partial charge on any atom is 0.326 e. The van der Waals surface area contributed by atoms with Crippen LogP contribution in [0.15, 0.2) is 12.1 Å². The van der Waals surface area contributed by atoms with Gasteiger partial charge in [-0.05, 0) is 25.5 Å². The Labute approximate surface area is 134 Å². The molecule has 1 aromatic heterocycles. The largest absolute Gasteiger partial charge is 0.477 e. The van der Waals surface area contributed by atoms with Crippen LogP contribution in [-0.4, -0.2) is 49.3 Å². The normalized spacial score (nSPS) is 16.7. The van der Waals surface area contributed by atoms with E-state index in [4.69, 9.17) is 19.9 Å². The molecule has 0 saturated heterocycles. The lowest BCUT2D eigenvalue weighted by molar-refractivity contribution is -0.144. The summed E-state index contributed by atoms with van der Waals surface area (Å²) in [6, 6.07) is 3.19. The minimum absolute atomic E-state index is 0.143. The Bertz CT molecular complexity index is 578. The first-order valence-corrected chi connectivity index (χ1v) is 7.50. The molecule has 126 valence electrons. The molecule has 1 amide bonds. The molecule has 2 N–H and O–H groups in total. The van der Waals surface area contributed by atoms with E-state index in [0.29, 0.717) is 19.0 Å². The smallest absolute Gasteiger partial charge is 0.326 e. The summed E-state index contributed by atoms with van der Waals surface area (Å²) in [5.74, 6) is -0.0313. The van der Waals surface area contributed by atoms with E-state index in [0.717, 1.165) is 6.42 Å². The lowest BCUT2D eigenvalue weighted by Gasteiger charge is -2.31. The van der Waals surface area contributed by atoms with E-state index >= 15 is 0 Å².